The van der Waals surface area contributed by atoms with Gasteiger partial charge in [-0.2, -0.15) is 0 Å². The van der Waals surface area contributed by atoms with E-state index in [2.05, 4.69) is 25.3 Å². The number of piperidine rings is 1. The molecule has 104 valence electrons. The van der Waals surface area contributed by atoms with Crippen molar-refractivity contribution in [1.82, 2.24) is 4.90 Å². The van der Waals surface area contributed by atoms with E-state index in [1.54, 1.807) is 0 Å². The first kappa shape index (κ1) is 15.4. The van der Waals surface area contributed by atoms with Gasteiger partial charge in [0.05, 0.1) is 5.54 Å². The highest BCUT2D eigenvalue weighted by atomic mass is 16.1. The molecule has 0 saturated carbocycles. The van der Waals surface area contributed by atoms with Crippen LogP contribution in [-0.2, 0) is 4.79 Å². The second-order valence-electron chi connectivity index (χ2n) is 5.92. The van der Waals surface area contributed by atoms with E-state index in [1.165, 1.54) is 25.7 Å². The zero-order chi connectivity index (χ0) is 13.4. The van der Waals surface area contributed by atoms with Crippen molar-refractivity contribution in [2.24, 2.45) is 0 Å². The molecule has 0 unspecified atom stereocenters. The second-order valence-corrected chi connectivity index (χ2v) is 5.92. The Morgan fingerprint density at radius 1 is 1.17 bits per heavy atom. The third-order valence-corrected chi connectivity index (χ3v) is 4.14. The maximum atomic E-state index is 12.3. The Hall–Kier alpha value is -0.630. The number of rotatable bonds is 8. The van der Waals surface area contributed by atoms with E-state index in [-0.39, 0.29) is 5.54 Å². The van der Waals surface area contributed by atoms with E-state index >= 15 is 0 Å². The molecule has 2 nitrogen and oxygen atoms in total. The highest BCUT2D eigenvalue weighted by Gasteiger charge is 2.33. The Labute approximate surface area is 112 Å². The van der Waals surface area contributed by atoms with Crippen LogP contribution in [0.15, 0.2) is 12.7 Å². The maximum absolute atomic E-state index is 12.3. The molecule has 0 amide bonds. The molecule has 1 saturated heterocycles. The van der Waals surface area contributed by atoms with Crippen LogP contribution in [0.4, 0.5) is 0 Å². The molecule has 0 atom stereocenters. The zero-order valence-corrected chi connectivity index (χ0v) is 12.2. The topological polar surface area (TPSA) is 20.3 Å². The number of ketones is 1. The molecule has 0 aromatic rings. The summed E-state index contributed by atoms with van der Waals surface area (Å²) in [6.07, 6.45) is 10.9. The third-order valence-electron chi connectivity index (χ3n) is 4.14. The number of likely N-dealkylation sites (tertiary alicyclic amines) is 1. The van der Waals surface area contributed by atoms with Crippen LogP contribution in [0.25, 0.3) is 0 Å². The van der Waals surface area contributed by atoms with Crippen molar-refractivity contribution in [3.63, 3.8) is 0 Å². The molecule has 1 fully saturated rings. The molecule has 18 heavy (non-hydrogen) atoms. The van der Waals surface area contributed by atoms with Crippen molar-refractivity contribution < 1.29 is 4.79 Å². The van der Waals surface area contributed by atoms with Crippen molar-refractivity contribution >= 4 is 5.78 Å². The van der Waals surface area contributed by atoms with Crippen molar-refractivity contribution in [1.29, 1.82) is 0 Å². The van der Waals surface area contributed by atoms with Crippen LogP contribution in [0, 0.1) is 0 Å². The summed E-state index contributed by atoms with van der Waals surface area (Å²) in [5, 5.41) is 0. The van der Waals surface area contributed by atoms with E-state index < -0.39 is 0 Å². The molecule has 0 N–H and O–H groups in total. The predicted octanol–water partition coefficient (Wildman–Crippen LogP) is 3.96. The van der Waals surface area contributed by atoms with Crippen LogP contribution >= 0.6 is 0 Å². The zero-order valence-electron chi connectivity index (χ0n) is 12.2. The first-order valence-electron chi connectivity index (χ1n) is 7.48. The summed E-state index contributed by atoms with van der Waals surface area (Å²) in [4.78, 5) is 14.7. The Bertz CT molecular complexity index is 264. The fourth-order valence-corrected chi connectivity index (χ4v) is 2.69. The van der Waals surface area contributed by atoms with Crippen LogP contribution in [0.2, 0.25) is 0 Å². The lowest BCUT2D eigenvalue weighted by molar-refractivity contribution is -0.130. The minimum absolute atomic E-state index is 0.251. The summed E-state index contributed by atoms with van der Waals surface area (Å²) >= 11 is 0. The van der Waals surface area contributed by atoms with Gasteiger partial charge in [0.2, 0.25) is 0 Å². The lowest BCUT2D eigenvalue weighted by Crippen LogP contribution is -2.52. The summed E-state index contributed by atoms with van der Waals surface area (Å²) in [6, 6.07) is 0. The maximum Gasteiger partial charge on any atom is 0.152 e. The van der Waals surface area contributed by atoms with Gasteiger partial charge in [-0.1, -0.05) is 18.9 Å². The molecule has 1 heterocycles. The van der Waals surface area contributed by atoms with Gasteiger partial charge in [-0.05, 0) is 59.0 Å². The molecule has 0 spiro atoms. The number of hydrogen-bond donors (Lipinski definition) is 0. The molecule has 1 rings (SSSR count). The molecule has 0 bridgehead atoms. The van der Waals surface area contributed by atoms with Gasteiger partial charge < -0.3 is 0 Å². The summed E-state index contributed by atoms with van der Waals surface area (Å²) < 4.78 is 0. The van der Waals surface area contributed by atoms with Crippen LogP contribution < -0.4 is 0 Å². The molecule has 0 aliphatic carbocycles. The molecule has 0 radical (unpaired) electrons. The van der Waals surface area contributed by atoms with E-state index in [9.17, 15) is 4.79 Å². The molecule has 1 aliphatic rings. The van der Waals surface area contributed by atoms with Gasteiger partial charge in [0.25, 0.3) is 0 Å². The molecule has 0 aromatic heterocycles. The number of carbonyl (C=O) groups is 1. The summed E-state index contributed by atoms with van der Waals surface area (Å²) in [5.41, 5.74) is -0.251. The van der Waals surface area contributed by atoms with Gasteiger partial charge in [0, 0.05) is 6.42 Å². The number of hydrogen-bond acceptors (Lipinski definition) is 2. The quantitative estimate of drug-likeness (QED) is 0.481. The van der Waals surface area contributed by atoms with Gasteiger partial charge >= 0.3 is 0 Å². The lowest BCUT2D eigenvalue weighted by Gasteiger charge is -2.39. The fraction of sp³-hybridized carbons (Fsp3) is 0.812. The van der Waals surface area contributed by atoms with Crippen molar-refractivity contribution in [2.75, 3.05) is 13.1 Å². The van der Waals surface area contributed by atoms with E-state index in [0.29, 0.717) is 5.78 Å². The Kier molecular flexibility index (Phi) is 6.62. The van der Waals surface area contributed by atoms with Crippen molar-refractivity contribution in [3.8, 4) is 0 Å². The fourth-order valence-electron chi connectivity index (χ4n) is 2.69. The number of nitrogens with zero attached hydrogens (tertiary/aromatic N) is 1. The SMILES string of the molecule is C=CCCCCCC(=O)C(C)(C)N1CCCCC1. The Morgan fingerprint density at radius 3 is 2.44 bits per heavy atom. The summed E-state index contributed by atoms with van der Waals surface area (Å²) in [6.45, 7) is 10.1. The lowest BCUT2D eigenvalue weighted by atomic mass is 9.90. The average molecular weight is 251 g/mol. The van der Waals surface area contributed by atoms with Crippen molar-refractivity contribution in [3.05, 3.63) is 12.7 Å². The summed E-state index contributed by atoms with van der Waals surface area (Å²) in [5.74, 6) is 0.419. The minimum atomic E-state index is -0.251. The van der Waals surface area contributed by atoms with Crippen LogP contribution in [-0.4, -0.2) is 29.3 Å². The third kappa shape index (κ3) is 4.56. The van der Waals surface area contributed by atoms with Gasteiger partial charge in [-0.25, -0.2) is 0 Å². The number of allylic oxidation sites excluding steroid dienone is 1. The first-order chi connectivity index (χ1) is 8.59. The first-order valence-corrected chi connectivity index (χ1v) is 7.48. The number of unbranched alkanes of at least 4 members (excludes halogenated alkanes) is 3. The average Bonchev–Trinajstić information content (AvgIpc) is 2.39. The van der Waals surface area contributed by atoms with Crippen molar-refractivity contribution in [2.45, 2.75) is 70.8 Å². The predicted molar refractivity (Wildman–Crippen MR) is 77.8 cm³/mol. The molecule has 2 heteroatoms. The molecule has 0 aromatic carbocycles. The standard InChI is InChI=1S/C16H29NO/c1-4-5-6-7-9-12-15(18)16(2,3)17-13-10-8-11-14-17/h4H,1,5-14H2,2-3H3. The van der Waals surface area contributed by atoms with Crippen LogP contribution in [0.3, 0.4) is 0 Å². The van der Waals surface area contributed by atoms with Gasteiger partial charge in [0.1, 0.15) is 0 Å². The minimum Gasteiger partial charge on any atom is -0.298 e. The number of Topliss-reactive ketones (excluding diaryl/α,β-unsaturated/α-hetero) is 1. The van der Waals surface area contributed by atoms with E-state index in [0.717, 1.165) is 38.8 Å². The smallest absolute Gasteiger partial charge is 0.152 e. The summed E-state index contributed by atoms with van der Waals surface area (Å²) in [7, 11) is 0. The monoisotopic (exact) mass is 251 g/mol. The Balaban J connectivity index is 2.31. The van der Waals surface area contributed by atoms with Crippen LogP contribution in [0.1, 0.15) is 65.2 Å². The highest BCUT2D eigenvalue weighted by Crippen LogP contribution is 2.23. The second kappa shape index (κ2) is 7.73. The van der Waals surface area contributed by atoms with Gasteiger partial charge in [-0.3, -0.25) is 9.69 Å². The molecule has 1 aliphatic heterocycles. The normalized spacial score (nSPS) is 17.7. The number of carbonyl (C=O) groups excluding carboxylic acids is 1. The van der Waals surface area contributed by atoms with Gasteiger partial charge in [-0.15, -0.1) is 6.58 Å². The van der Waals surface area contributed by atoms with E-state index in [1.807, 2.05) is 6.08 Å². The van der Waals surface area contributed by atoms with Gasteiger partial charge in [0.15, 0.2) is 5.78 Å². The van der Waals surface area contributed by atoms with E-state index in [4.69, 9.17) is 0 Å². The molecular weight excluding hydrogens is 222 g/mol. The molecular formula is C16H29NO. The largest absolute Gasteiger partial charge is 0.298 e. The highest BCUT2D eigenvalue weighted by molar-refractivity contribution is 5.87. The van der Waals surface area contributed by atoms with Crippen LogP contribution in [0.5, 0.6) is 0 Å². The Morgan fingerprint density at radius 2 is 1.83 bits per heavy atom.